The summed E-state index contributed by atoms with van der Waals surface area (Å²) in [5.74, 6) is -0.293. The Bertz CT molecular complexity index is 435. The summed E-state index contributed by atoms with van der Waals surface area (Å²) in [6.07, 6.45) is 2.89. The SMILES string of the molecule is CC(=O)c1cnn(CCS(N)(=O)=O)c1. The number of carbonyl (C=O) groups is 1. The summed E-state index contributed by atoms with van der Waals surface area (Å²) in [7, 11) is -3.48. The van der Waals surface area contributed by atoms with Crippen LogP contribution in [0.25, 0.3) is 0 Å². The van der Waals surface area contributed by atoms with E-state index in [9.17, 15) is 13.2 Å². The maximum absolute atomic E-state index is 10.9. The molecule has 1 rings (SSSR count). The average Bonchev–Trinajstić information content (AvgIpc) is 2.47. The third-order valence-corrected chi connectivity index (χ3v) is 2.40. The molecular formula is C7H11N3O3S. The normalized spacial score (nSPS) is 11.6. The lowest BCUT2D eigenvalue weighted by Crippen LogP contribution is -2.20. The standard InChI is InChI=1S/C7H11N3O3S/c1-6(11)7-4-9-10(5-7)2-3-14(8,12)13/h4-5H,2-3H2,1H3,(H2,8,12,13). The lowest BCUT2D eigenvalue weighted by Gasteiger charge is -1.98. The monoisotopic (exact) mass is 217 g/mol. The van der Waals surface area contributed by atoms with Crippen molar-refractivity contribution in [1.29, 1.82) is 0 Å². The highest BCUT2D eigenvalue weighted by Gasteiger charge is 2.06. The number of Topliss-reactive ketones (excluding diaryl/α,β-unsaturated/α-hetero) is 1. The zero-order valence-electron chi connectivity index (χ0n) is 7.67. The summed E-state index contributed by atoms with van der Waals surface area (Å²) >= 11 is 0. The zero-order chi connectivity index (χ0) is 10.8. The van der Waals surface area contributed by atoms with Crippen molar-refractivity contribution in [2.45, 2.75) is 13.5 Å². The minimum absolute atomic E-state index is 0.105. The number of carbonyl (C=O) groups excluding carboxylic acids is 1. The Morgan fingerprint density at radius 1 is 1.64 bits per heavy atom. The van der Waals surface area contributed by atoms with Crippen LogP contribution in [0.1, 0.15) is 17.3 Å². The maximum Gasteiger partial charge on any atom is 0.210 e. The van der Waals surface area contributed by atoms with Crippen LogP contribution in [0.4, 0.5) is 0 Å². The first kappa shape index (κ1) is 10.9. The lowest BCUT2D eigenvalue weighted by molar-refractivity contribution is 0.101. The molecule has 1 heterocycles. The van der Waals surface area contributed by atoms with Gasteiger partial charge in [0.2, 0.25) is 10.0 Å². The van der Waals surface area contributed by atoms with Gasteiger partial charge in [-0.2, -0.15) is 5.10 Å². The van der Waals surface area contributed by atoms with E-state index in [-0.39, 0.29) is 18.1 Å². The van der Waals surface area contributed by atoms with Gasteiger partial charge >= 0.3 is 0 Å². The number of rotatable bonds is 4. The zero-order valence-corrected chi connectivity index (χ0v) is 8.49. The van der Waals surface area contributed by atoms with Gasteiger partial charge in [-0.3, -0.25) is 9.48 Å². The van der Waals surface area contributed by atoms with Crippen molar-refractivity contribution in [2.75, 3.05) is 5.75 Å². The van der Waals surface area contributed by atoms with E-state index in [0.29, 0.717) is 5.56 Å². The van der Waals surface area contributed by atoms with Crippen LogP contribution in [-0.2, 0) is 16.6 Å². The van der Waals surface area contributed by atoms with Crippen molar-refractivity contribution in [3.8, 4) is 0 Å². The maximum atomic E-state index is 10.9. The van der Waals surface area contributed by atoms with Crippen LogP contribution in [0.5, 0.6) is 0 Å². The van der Waals surface area contributed by atoms with Gasteiger partial charge in [-0.1, -0.05) is 0 Å². The van der Waals surface area contributed by atoms with Gasteiger partial charge in [0.05, 0.1) is 24.1 Å². The number of hydrogen-bond donors (Lipinski definition) is 1. The molecule has 2 N–H and O–H groups in total. The molecule has 0 atom stereocenters. The molecule has 0 unspecified atom stereocenters. The Labute approximate surface area is 81.8 Å². The highest BCUT2D eigenvalue weighted by molar-refractivity contribution is 7.89. The van der Waals surface area contributed by atoms with Crippen LogP contribution in [0, 0.1) is 0 Å². The first-order valence-corrected chi connectivity index (χ1v) is 5.64. The Kier molecular flexibility index (Phi) is 3.02. The predicted octanol–water partition coefficient (Wildman–Crippen LogP) is -0.626. The molecule has 7 heteroatoms. The lowest BCUT2D eigenvalue weighted by atomic mass is 10.3. The highest BCUT2D eigenvalue weighted by atomic mass is 32.2. The molecule has 0 aliphatic rings. The van der Waals surface area contributed by atoms with E-state index in [0.717, 1.165) is 0 Å². The van der Waals surface area contributed by atoms with Crippen LogP contribution in [-0.4, -0.2) is 29.7 Å². The van der Waals surface area contributed by atoms with Gasteiger partial charge in [0.1, 0.15) is 0 Å². The molecule has 0 radical (unpaired) electrons. The average molecular weight is 217 g/mol. The molecule has 1 aromatic heterocycles. The number of aryl methyl sites for hydroxylation is 1. The fourth-order valence-corrected chi connectivity index (χ4v) is 1.33. The molecule has 0 saturated heterocycles. The minimum atomic E-state index is -3.48. The molecule has 0 aromatic carbocycles. The van der Waals surface area contributed by atoms with E-state index in [1.165, 1.54) is 24.0 Å². The first-order chi connectivity index (χ1) is 6.38. The number of ketones is 1. The third kappa shape index (κ3) is 3.27. The van der Waals surface area contributed by atoms with Crippen molar-refractivity contribution in [2.24, 2.45) is 5.14 Å². The molecule has 0 spiro atoms. The second kappa shape index (κ2) is 3.89. The molecule has 78 valence electrons. The molecule has 0 aliphatic carbocycles. The fraction of sp³-hybridized carbons (Fsp3) is 0.429. The van der Waals surface area contributed by atoms with Gasteiger partial charge in [-0.05, 0) is 6.92 Å². The van der Waals surface area contributed by atoms with Gasteiger partial charge in [-0.15, -0.1) is 0 Å². The summed E-state index contributed by atoms with van der Waals surface area (Å²) in [6, 6.07) is 0. The number of nitrogens with two attached hydrogens (primary N) is 1. The van der Waals surface area contributed by atoms with Crippen molar-refractivity contribution in [3.05, 3.63) is 18.0 Å². The van der Waals surface area contributed by atoms with Gasteiger partial charge < -0.3 is 0 Å². The van der Waals surface area contributed by atoms with Crippen molar-refractivity contribution >= 4 is 15.8 Å². The molecule has 0 aliphatic heterocycles. The van der Waals surface area contributed by atoms with E-state index in [1.807, 2.05) is 0 Å². The van der Waals surface area contributed by atoms with E-state index in [4.69, 9.17) is 5.14 Å². The smallest absolute Gasteiger partial charge is 0.210 e. The van der Waals surface area contributed by atoms with Crippen LogP contribution >= 0.6 is 0 Å². The quantitative estimate of drug-likeness (QED) is 0.679. The molecule has 0 fully saturated rings. The Morgan fingerprint density at radius 2 is 2.29 bits per heavy atom. The second-order valence-electron chi connectivity index (χ2n) is 2.92. The number of nitrogens with zero attached hydrogens (tertiary/aromatic N) is 2. The largest absolute Gasteiger partial charge is 0.294 e. The van der Waals surface area contributed by atoms with Crippen molar-refractivity contribution in [1.82, 2.24) is 9.78 Å². The number of hydrogen-bond acceptors (Lipinski definition) is 4. The summed E-state index contributed by atoms with van der Waals surface area (Å²) < 4.78 is 22.6. The van der Waals surface area contributed by atoms with Crippen LogP contribution < -0.4 is 5.14 Å². The highest BCUT2D eigenvalue weighted by Crippen LogP contribution is 1.98. The molecule has 0 saturated carbocycles. The van der Waals surface area contributed by atoms with Gasteiger partial charge in [0, 0.05) is 6.20 Å². The van der Waals surface area contributed by atoms with Crippen LogP contribution in [0.3, 0.4) is 0 Å². The minimum Gasteiger partial charge on any atom is -0.294 e. The van der Waals surface area contributed by atoms with E-state index < -0.39 is 10.0 Å². The molecule has 0 amide bonds. The van der Waals surface area contributed by atoms with Gasteiger partial charge in [0.15, 0.2) is 5.78 Å². The van der Waals surface area contributed by atoms with Crippen LogP contribution in [0.15, 0.2) is 12.4 Å². The topological polar surface area (TPSA) is 95.0 Å². The van der Waals surface area contributed by atoms with Gasteiger partial charge in [0.25, 0.3) is 0 Å². The Balaban J connectivity index is 2.65. The van der Waals surface area contributed by atoms with Crippen LogP contribution in [0.2, 0.25) is 0 Å². The summed E-state index contributed by atoms with van der Waals surface area (Å²) in [4.78, 5) is 10.9. The number of primary sulfonamides is 1. The fourth-order valence-electron chi connectivity index (χ4n) is 0.888. The molecule has 0 bridgehead atoms. The van der Waals surface area contributed by atoms with E-state index in [1.54, 1.807) is 0 Å². The van der Waals surface area contributed by atoms with E-state index >= 15 is 0 Å². The third-order valence-electron chi connectivity index (χ3n) is 1.64. The molecule has 6 nitrogen and oxygen atoms in total. The summed E-state index contributed by atoms with van der Waals surface area (Å²) in [5.41, 5.74) is 0.458. The Hall–Kier alpha value is -1.21. The molecular weight excluding hydrogens is 206 g/mol. The molecule has 1 aromatic rings. The number of aromatic nitrogens is 2. The number of sulfonamides is 1. The second-order valence-corrected chi connectivity index (χ2v) is 4.65. The summed E-state index contributed by atoms with van der Waals surface area (Å²) in [6.45, 7) is 1.58. The first-order valence-electron chi connectivity index (χ1n) is 3.92. The van der Waals surface area contributed by atoms with Gasteiger partial charge in [-0.25, -0.2) is 13.6 Å². The van der Waals surface area contributed by atoms with Crippen molar-refractivity contribution in [3.63, 3.8) is 0 Å². The Morgan fingerprint density at radius 3 is 2.71 bits per heavy atom. The van der Waals surface area contributed by atoms with Crippen molar-refractivity contribution < 1.29 is 13.2 Å². The predicted molar refractivity (Wildman–Crippen MR) is 50.2 cm³/mol. The molecule has 14 heavy (non-hydrogen) atoms. The summed E-state index contributed by atoms with van der Waals surface area (Å²) in [5, 5.41) is 8.63. The van der Waals surface area contributed by atoms with E-state index in [2.05, 4.69) is 5.10 Å².